The molecule has 0 aliphatic rings. The molecule has 0 spiro atoms. The van der Waals surface area contributed by atoms with Crippen LogP contribution in [-0.2, 0) is 16.1 Å². The number of hydrogen-bond acceptors (Lipinski definition) is 2. The van der Waals surface area contributed by atoms with Gasteiger partial charge in [-0.25, -0.2) is 4.39 Å². The molecule has 0 heterocycles. The van der Waals surface area contributed by atoms with Gasteiger partial charge in [0, 0.05) is 11.3 Å². The van der Waals surface area contributed by atoms with E-state index in [4.69, 9.17) is 23.2 Å². The molecule has 2 aromatic carbocycles. The van der Waals surface area contributed by atoms with Crippen LogP contribution >= 0.6 is 23.2 Å². The monoisotopic (exact) mass is 398 g/mol. The molecule has 0 radical (unpaired) electrons. The number of likely N-dealkylation sites (N-methyl/N-ethyl adjacent to an activating group) is 1. The normalized spacial score (nSPS) is 11.7. The highest BCUT2D eigenvalue weighted by atomic mass is 35.5. The van der Waals surface area contributed by atoms with Crippen molar-refractivity contribution in [1.82, 2.24) is 5.32 Å². The first-order valence-corrected chi connectivity index (χ1v) is 8.67. The first kappa shape index (κ1) is 20.2. The summed E-state index contributed by atoms with van der Waals surface area (Å²) in [6, 6.07) is 10.7. The molecular formula is C18H19Cl2FN3O2+. The molecule has 0 aliphatic heterocycles. The van der Waals surface area contributed by atoms with E-state index in [9.17, 15) is 14.0 Å². The van der Waals surface area contributed by atoms with Crippen LogP contribution < -0.4 is 15.5 Å². The minimum atomic E-state index is -0.388. The number of anilines is 1. The van der Waals surface area contributed by atoms with Crippen molar-refractivity contribution >= 4 is 40.7 Å². The summed E-state index contributed by atoms with van der Waals surface area (Å²) >= 11 is 12.1. The summed E-state index contributed by atoms with van der Waals surface area (Å²) in [7, 11) is 1.84. The van der Waals surface area contributed by atoms with E-state index in [-0.39, 0.29) is 30.7 Å². The lowest BCUT2D eigenvalue weighted by atomic mass is 10.2. The van der Waals surface area contributed by atoms with E-state index in [2.05, 4.69) is 10.6 Å². The van der Waals surface area contributed by atoms with Gasteiger partial charge in [-0.1, -0.05) is 35.3 Å². The van der Waals surface area contributed by atoms with Crippen LogP contribution in [0.1, 0.15) is 5.56 Å². The molecule has 0 aromatic heterocycles. The summed E-state index contributed by atoms with van der Waals surface area (Å²) < 4.78 is 12.8. The van der Waals surface area contributed by atoms with E-state index in [1.165, 1.54) is 24.3 Å². The van der Waals surface area contributed by atoms with Crippen molar-refractivity contribution in [3.8, 4) is 0 Å². The van der Waals surface area contributed by atoms with Crippen molar-refractivity contribution in [2.24, 2.45) is 0 Å². The van der Waals surface area contributed by atoms with E-state index in [0.717, 1.165) is 10.5 Å². The number of rotatable bonds is 7. The van der Waals surface area contributed by atoms with Crippen molar-refractivity contribution in [2.75, 3.05) is 25.5 Å². The Morgan fingerprint density at radius 2 is 1.77 bits per heavy atom. The summed E-state index contributed by atoms with van der Waals surface area (Å²) in [6.07, 6.45) is 0. The third kappa shape index (κ3) is 6.29. The van der Waals surface area contributed by atoms with Gasteiger partial charge in [0.2, 0.25) is 5.91 Å². The van der Waals surface area contributed by atoms with Crippen LogP contribution in [0.2, 0.25) is 10.0 Å². The Bertz CT molecular complexity index is 785. The Hall–Kier alpha value is -2.15. The van der Waals surface area contributed by atoms with Crippen LogP contribution in [-0.4, -0.2) is 32.0 Å². The van der Waals surface area contributed by atoms with Crippen LogP contribution in [0.15, 0.2) is 42.5 Å². The molecule has 0 fully saturated rings. The van der Waals surface area contributed by atoms with Crippen molar-refractivity contribution in [2.45, 2.75) is 6.54 Å². The lowest BCUT2D eigenvalue weighted by molar-refractivity contribution is -0.885. The van der Waals surface area contributed by atoms with Gasteiger partial charge in [-0.15, -0.1) is 0 Å². The number of carbonyl (C=O) groups is 2. The molecule has 0 saturated heterocycles. The summed E-state index contributed by atoms with van der Waals surface area (Å²) in [5.41, 5.74) is 1.31. The highest BCUT2D eigenvalue weighted by Crippen LogP contribution is 2.24. The maximum absolute atomic E-state index is 12.8. The van der Waals surface area contributed by atoms with Gasteiger partial charge < -0.3 is 15.5 Å². The summed E-state index contributed by atoms with van der Waals surface area (Å²) in [6.45, 7) is 0.530. The van der Waals surface area contributed by atoms with Gasteiger partial charge in [-0.2, -0.15) is 0 Å². The van der Waals surface area contributed by atoms with Gasteiger partial charge in [-0.3, -0.25) is 9.59 Å². The highest BCUT2D eigenvalue weighted by molar-refractivity contribution is 6.42. The Morgan fingerprint density at radius 1 is 1.08 bits per heavy atom. The number of halogens is 3. The first-order chi connectivity index (χ1) is 12.3. The molecule has 8 heteroatoms. The Morgan fingerprint density at radius 3 is 2.46 bits per heavy atom. The first-order valence-electron chi connectivity index (χ1n) is 7.91. The van der Waals surface area contributed by atoms with Gasteiger partial charge in [0.25, 0.3) is 5.91 Å². The molecule has 0 bridgehead atoms. The van der Waals surface area contributed by atoms with Crippen LogP contribution in [0.4, 0.5) is 10.1 Å². The standard InChI is InChI=1S/C18H18Cl2FN3O2/c1-24(10-12-3-2-4-15(19)18(12)20)11-17(26)22-9-16(25)23-14-7-5-13(21)6-8-14/h2-8H,9-11H2,1H3,(H,22,26)(H,23,25)/p+1. The molecule has 2 amide bonds. The zero-order valence-electron chi connectivity index (χ0n) is 14.1. The fraction of sp³-hybridized carbons (Fsp3) is 0.222. The van der Waals surface area contributed by atoms with Gasteiger partial charge in [-0.05, 0) is 30.3 Å². The quantitative estimate of drug-likeness (QED) is 0.666. The van der Waals surface area contributed by atoms with Crippen molar-refractivity contribution in [3.05, 3.63) is 63.9 Å². The number of hydrogen-bond donors (Lipinski definition) is 3. The Balaban J connectivity index is 1.76. The fourth-order valence-corrected chi connectivity index (χ4v) is 2.71. The zero-order chi connectivity index (χ0) is 19.1. The van der Waals surface area contributed by atoms with Crippen LogP contribution in [0.25, 0.3) is 0 Å². The highest BCUT2D eigenvalue weighted by Gasteiger charge is 2.14. The minimum absolute atomic E-state index is 0.165. The fourth-order valence-electron chi connectivity index (χ4n) is 2.33. The molecule has 3 N–H and O–H groups in total. The maximum atomic E-state index is 12.8. The number of amides is 2. The molecular weight excluding hydrogens is 380 g/mol. The number of benzene rings is 2. The minimum Gasteiger partial charge on any atom is -0.342 e. The van der Waals surface area contributed by atoms with Gasteiger partial charge >= 0.3 is 0 Å². The third-order valence-electron chi connectivity index (χ3n) is 3.56. The predicted octanol–water partition coefficient (Wildman–Crippen LogP) is 1.90. The maximum Gasteiger partial charge on any atom is 0.275 e. The molecule has 1 unspecified atom stereocenters. The zero-order valence-corrected chi connectivity index (χ0v) is 15.6. The van der Waals surface area contributed by atoms with E-state index in [0.29, 0.717) is 22.3 Å². The van der Waals surface area contributed by atoms with E-state index in [1.54, 1.807) is 12.1 Å². The smallest absolute Gasteiger partial charge is 0.275 e. The van der Waals surface area contributed by atoms with Gasteiger partial charge in [0.1, 0.15) is 12.4 Å². The molecule has 2 rings (SSSR count). The number of nitrogens with one attached hydrogen (secondary N) is 3. The summed E-state index contributed by atoms with van der Waals surface area (Å²) in [5, 5.41) is 6.07. The molecule has 138 valence electrons. The van der Waals surface area contributed by atoms with Crippen LogP contribution in [0.3, 0.4) is 0 Å². The van der Waals surface area contributed by atoms with Gasteiger partial charge in [0.15, 0.2) is 6.54 Å². The Kier molecular flexibility index (Phi) is 7.38. The summed E-state index contributed by atoms with van der Waals surface area (Å²) in [5.74, 6) is -1.04. The lowest BCUT2D eigenvalue weighted by Gasteiger charge is -2.15. The van der Waals surface area contributed by atoms with Crippen LogP contribution in [0, 0.1) is 5.82 Å². The second kappa shape index (κ2) is 9.52. The number of quaternary nitrogens is 1. The van der Waals surface area contributed by atoms with E-state index >= 15 is 0 Å². The second-order valence-electron chi connectivity index (χ2n) is 5.86. The molecule has 0 aliphatic carbocycles. The number of carbonyl (C=O) groups excluding carboxylic acids is 2. The third-order valence-corrected chi connectivity index (χ3v) is 4.42. The second-order valence-corrected chi connectivity index (χ2v) is 6.64. The van der Waals surface area contributed by atoms with Crippen molar-refractivity contribution in [1.29, 1.82) is 0 Å². The molecule has 1 atom stereocenters. The van der Waals surface area contributed by atoms with Crippen molar-refractivity contribution < 1.29 is 18.9 Å². The SMILES string of the molecule is C[NH+](CC(=O)NCC(=O)Nc1ccc(F)cc1)Cc1cccc(Cl)c1Cl. The largest absolute Gasteiger partial charge is 0.342 e. The average molecular weight is 399 g/mol. The molecule has 0 saturated carbocycles. The van der Waals surface area contributed by atoms with E-state index in [1.807, 2.05) is 13.1 Å². The summed E-state index contributed by atoms with van der Waals surface area (Å²) in [4.78, 5) is 24.7. The molecule has 5 nitrogen and oxygen atoms in total. The van der Waals surface area contributed by atoms with Crippen molar-refractivity contribution in [3.63, 3.8) is 0 Å². The van der Waals surface area contributed by atoms with Gasteiger partial charge in [0.05, 0.1) is 23.6 Å². The topological polar surface area (TPSA) is 62.6 Å². The Labute approximate surface area is 161 Å². The predicted molar refractivity (Wildman–Crippen MR) is 100.0 cm³/mol. The lowest BCUT2D eigenvalue weighted by Crippen LogP contribution is -3.08. The van der Waals surface area contributed by atoms with E-state index < -0.39 is 0 Å². The molecule has 26 heavy (non-hydrogen) atoms. The molecule has 2 aromatic rings. The van der Waals surface area contributed by atoms with Crippen LogP contribution in [0.5, 0.6) is 0 Å². The average Bonchev–Trinajstić information content (AvgIpc) is 2.59.